The first-order chi connectivity index (χ1) is 11.1. The molecule has 124 valence electrons. The largest absolute Gasteiger partial charge is 0.491 e. The van der Waals surface area contributed by atoms with Crippen molar-refractivity contribution in [1.82, 2.24) is 20.1 Å². The average Bonchev–Trinajstić information content (AvgIpc) is 2.96. The topological polar surface area (TPSA) is 63.3 Å². The number of morpholine rings is 1. The van der Waals surface area contributed by atoms with E-state index in [1.807, 2.05) is 32.9 Å². The summed E-state index contributed by atoms with van der Waals surface area (Å²) in [6.07, 6.45) is 0.142. The van der Waals surface area contributed by atoms with Gasteiger partial charge in [0.05, 0.1) is 12.7 Å². The van der Waals surface area contributed by atoms with Crippen LogP contribution in [-0.2, 0) is 11.3 Å². The van der Waals surface area contributed by atoms with Gasteiger partial charge in [0.25, 0.3) is 0 Å². The Kier molecular flexibility index (Phi) is 4.93. The van der Waals surface area contributed by atoms with Crippen LogP contribution in [0.25, 0.3) is 0 Å². The zero-order valence-corrected chi connectivity index (χ0v) is 14.0. The zero-order valence-electron chi connectivity index (χ0n) is 14.0. The maximum atomic E-state index is 5.80. The zero-order chi connectivity index (χ0) is 16.2. The Morgan fingerprint density at radius 3 is 2.78 bits per heavy atom. The quantitative estimate of drug-likeness (QED) is 0.918. The molecule has 1 N–H and O–H groups in total. The number of aromatic amines is 1. The first kappa shape index (κ1) is 16.0. The maximum Gasteiger partial charge on any atom is 0.180 e. The SMILES string of the molecule is Cc1nc(C2CN(Cc3ccc(OC(C)C)cc3)CCO2)n[nH]1. The van der Waals surface area contributed by atoms with Crippen LogP contribution >= 0.6 is 0 Å². The highest BCUT2D eigenvalue weighted by Crippen LogP contribution is 2.21. The lowest BCUT2D eigenvalue weighted by molar-refractivity contribution is -0.0370. The second-order valence-electron chi connectivity index (χ2n) is 6.18. The molecule has 1 atom stereocenters. The minimum absolute atomic E-state index is 0.0581. The van der Waals surface area contributed by atoms with E-state index < -0.39 is 0 Å². The fourth-order valence-electron chi connectivity index (χ4n) is 2.71. The molecule has 1 aromatic heterocycles. The summed E-state index contributed by atoms with van der Waals surface area (Å²) >= 11 is 0. The molecule has 2 heterocycles. The Labute approximate surface area is 136 Å². The second-order valence-corrected chi connectivity index (χ2v) is 6.18. The van der Waals surface area contributed by atoms with Crippen molar-refractivity contribution in [2.45, 2.75) is 39.5 Å². The molecule has 1 aliphatic heterocycles. The Balaban J connectivity index is 1.59. The number of hydrogen-bond donors (Lipinski definition) is 1. The van der Waals surface area contributed by atoms with Gasteiger partial charge in [0.1, 0.15) is 17.7 Å². The van der Waals surface area contributed by atoms with Crippen molar-refractivity contribution in [3.63, 3.8) is 0 Å². The van der Waals surface area contributed by atoms with Crippen molar-refractivity contribution >= 4 is 0 Å². The lowest BCUT2D eigenvalue weighted by atomic mass is 10.1. The molecule has 0 spiro atoms. The lowest BCUT2D eigenvalue weighted by Gasteiger charge is -2.31. The maximum absolute atomic E-state index is 5.80. The third-order valence-corrected chi connectivity index (χ3v) is 3.75. The fraction of sp³-hybridized carbons (Fsp3) is 0.529. The molecule has 6 nitrogen and oxygen atoms in total. The molecule has 23 heavy (non-hydrogen) atoms. The molecule has 1 fully saturated rings. The van der Waals surface area contributed by atoms with Gasteiger partial charge in [-0.05, 0) is 38.5 Å². The Bertz CT molecular complexity index is 624. The highest BCUT2D eigenvalue weighted by molar-refractivity contribution is 5.27. The van der Waals surface area contributed by atoms with Crippen LogP contribution in [0, 0.1) is 6.92 Å². The highest BCUT2D eigenvalue weighted by atomic mass is 16.5. The standard InChI is InChI=1S/C17H24N4O2/c1-12(2)23-15-6-4-14(5-7-15)10-21-8-9-22-16(11-21)17-18-13(3)19-20-17/h4-7,12,16H,8-11H2,1-3H3,(H,18,19,20). The van der Waals surface area contributed by atoms with Crippen LogP contribution < -0.4 is 4.74 Å². The number of benzene rings is 1. The van der Waals surface area contributed by atoms with Crippen LogP contribution in [0.5, 0.6) is 5.75 Å². The van der Waals surface area contributed by atoms with Gasteiger partial charge in [-0.15, -0.1) is 0 Å². The summed E-state index contributed by atoms with van der Waals surface area (Å²) in [6, 6.07) is 8.32. The number of nitrogens with one attached hydrogen (secondary N) is 1. The van der Waals surface area contributed by atoms with Gasteiger partial charge in [-0.2, -0.15) is 5.10 Å². The summed E-state index contributed by atoms with van der Waals surface area (Å²) in [5.74, 6) is 2.48. The predicted molar refractivity (Wildman–Crippen MR) is 87.3 cm³/mol. The van der Waals surface area contributed by atoms with Gasteiger partial charge in [-0.25, -0.2) is 4.98 Å². The van der Waals surface area contributed by atoms with E-state index >= 15 is 0 Å². The molecule has 1 saturated heterocycles. The van der Waals surface area contributed by atoms with Crippen LogP contribution in [0.2, 0.25) is 0 Å². The minimum atomic E-state index is -0.0581. The summed E-state index contributed by atoms with van der Waals surface area (Å²) in [7, 11) is 0. The predicted octanol–water partition coefficient (Wildman–Crippen LogP) is 2.47. The van der Waals surface area contributed by atoms with E-state index in [1.54, 1.807) is 0 Å². The van der Waals surface area contributed by atoms with Gasteiger partial charge in [0, 0.05) is 19.6 Å². The minimum Gasteiger partial charge on any atom is -0.491 e. The number of hydrogen-bond acceptors (Lipinski definition) is 5. The van der Waals surface area contributed by atoms with Crippen molar-refractivity contribution in [2.75, 3.05) is 19.7 Å². The van der Waals surface area contributed by atoms with Crippen molar-refractivity contribution in [2.24, 2.45) is 0 Å². The normalized spacial score (nSPS) is 19.2. The molecule has 1 aromatic carbocycles. The Morgan fingerprint density at radius 2 is 2.13 bits per heavy atom. The van der Waals surface area contributed by atoms with Crippen molar-refractivity contribution in [3.05, 3.63) is 41.5 Å². The van der Waals surface area contributed by atoms with Gasteiger partial charge in [0.15, 0.2) is 5.82 Å². The lowest BCUT2D eigenvalue weighted by Crippen LogP contribution is -2.38. The van der Waals surface area contributed by atoms with E-state index in [4.69, 9.17) is 9.47 Å². The van der Waals surface area contributed by atoms with Gasteiger partial charge < -0.3 is 9.47 Å². The average molecular weight is 316 g/mol. The summed E-state index contributed by atoms with van der Waals surface area (Å²) in [4.78, 5) is 6.75. The third-order valence-electron chi connectivity index (χ3n) is 3.75. The van der Waals surface area contributed by atoms with E-state index in [0.717, 1.165) is 37.0 Å². The molecule has 0 amide bonds. The first-order valence-corrected chi connectivity index (χ1v) is 8.08. The second kappa shape index (κ2) is 7.10. The molecular formula is C17H24N4O2. The summed E-state index contributed by atoms with van der Waals surface area (Å²) in [6.45, 7) is 9.29. The van der Waals surface area contributed by atoms with Crippen LogP contribution in [0.15, 0.2) is 24.3 Å². The van der Waals surface area contributed by atoms with E-state index in [1.165, 1.54) is 5.56 Å². The highest BCUT2D eigenvalue weighted by Gasteiger charge is 2.25. The Morgan fingerprint density at radius 1 is 1.35 bits per heavy atom. The van der Waals surface area contributed by atoms with E-state index in [-0.39, 0.29) is 12.2 Å². The summed E-state index contributed by atoms with van der Waals surface area (Å²) < 4.78 is 11.5. The smallest absolute Gasteiger partial charge is 0.180 e. The molecule has 1 unspecified atom stereocenters. The molecular weight excluding hydrogens is 292 g/mol. The number of nitrogens with zero attached hydrogens (tertiary/aromatic N) is 3. The van der Waals surface area contributed by atoms with Crippen LogP contribution in [0.1, 0.15) is 37.2 Å². The summed E-state index contributed by atoms with van der Waals surface area (Å²) in [5, 5.41) is 7.09. The van der Waals surface area contributed by atoms with Gasteiger partial charge in [-0.3, -0.25) is 10.00 Å². The van der Waals surface area contributed by atoms with Crippen LogP contribution in [0.3, 0.4) is 0 Å². The molecule has 0 aliphatic carbocycles. The molecule has 2 aromatic rings. The van der Waals surface area contributed by atoms with Gasteiger partial charge >= 0.3 is 0 Å². The van der Waals surface area contributed by atoms with Crippen molar-refractivity contribution in [1.29, 1.82) is 0 Å². The van der Waals surface area contributed by atoms with E-state index in [9.17, 15) is 0 Å². The van der Waals surface area contributed by atoms with Crippen molar-refractivity contribution in [3.8, 4) is 5.75 Å². The van der Waals surface area contributed by atoms with Gasteiger partial charge in [-0.1, -0.05) is 12.1 Å². The van der Waals surface area contributed by atoms with Gasteiger partial charge in [0.2, 0.25) is 0 Å². The molecule has 1 aliphatic rings. The first-order valence-electron chi connectivity index (χ1n) is 8.08. The number of aryl methyl sites for hydroxylation is 1. The van der Waals surface area contributed by atoms with Crippen LogP contribution in [0.4, 0.5) is 0 Å². The fourth-order valence-corrected chi connectivity index (χ4v) is 2.71. The molecule has 0 saturated carbocycles. The summed E-state index contributed by atoms with van der Waals surface area (Å²) in [5.41, 5.74) is 1.27. The third kappa shape index (κ3) is 4.30. The monoisotopic (exact) mass is 316 g/mol. The van der Waals surface area contributed by atoms with Crippen LogP contribution in [-0.4, -0.2) is 45.9 Å². The van der Waals surface area contributed by atoms with E-state index in [2.05, 4.69) is 32.2 Å². The molecule has 0 radical (unpaired) electrons. The Hall–Kier alpha value is -1.92. The molecule has 3 rings (SSSR count). The number of ether oxygens (including phenoxy) is 2. The number of aromatic nitrogens is 3. The number of H-pyrrole nitrogens is 1. The molecule has 0 bridgehead atoms. The van der Waals surface area contributed by atoms with Crippen molar-refractivity contribution < 1.29 is 9.47 Å². The van der Waals surface area contributed by atoms with E-state index in [0.29, 0.717) is 6.61 Å². The molecule has 6 heteroatoms. The number of rotatable bonds is 5.